The molecule has 2 fully saturated rings. The van der Waals surface area contributed by atoms with E-state index < -0.39 is 0 Å². The van der Waals surface area contributed by atoms with Crippen molar-refractivity contribution in [2.24, 2.45) is 5.92 Å². The molecule has 86 valence electrons. The standard InChI is InChI=1S/C11H20N2OS/c1-11(2)8-13(5-6-15-11)10(14)9-3-4-12-7-9/h9,12H,3-8H2,1-2H3/t9-/m1/s1. The second-order valence-corrected chi connectivity index (χ2v) is 6.86. The first-order chi connectivity index (χ1) is 7.08. The predicted octanol–water partition coefficient (Wildman–Crippen LogP) is 0.950. The number of hydrogen-bond acceptors (Lipinski definition) is 3. The number of nitrogens with zero attached hydrogens (tertiary/aromatic N) is 1. The molecule has 2 aliphatic heterocycles. The average Bonchev–Trinajstić information content (AvgIpc) is 2.67. The molecule has 0 radical (unpaired) electrons. The number of hydrogen-bond donors (Lipinski definition) is 1. The van der Waals surface area contributed by atoms with Gasteiger partial charge in [-0.05, 0) is 26.8 Å². The molecule has 2 heterocycles. The second-order valence-electron chi connectivity index (χ2n) is 5.06. The van der Waals surface area contributed by atoms with Gasteiger partial charge < -0.3 is 10.2 Å². The van der Waals surface area contributed by atoms with Crippen LogP contribution in [-0.4, -0.2) is 47.5 Å². The van der Waals surface area contributed by atoms with E-state index in [1.54, 1.807) is 0 Å². The van der Waals surface area contributed by atoms with Gasteiger partial charge in [0.05, 0.1) is 5.92 Å². The lowest BCUT2D eigenvalue weighted by molar-refractivity contribution is -0.135. The maximum Gasteiger partial charge on any atom is 0.227 e. The molecule has 0 unspecified atom stereocenters. The fraction of sp³-hybridized carbons (Fsp3) is 0.909. The highest BCUT2D eigenvalue weighted by Gasteiger charge is 2.33. The number of carbonyl (C=O) groups is 1. The van der Waals surface area contributed by atoms with Crippen molar-refractivity contribution >= 4 is 17.7 Å². The van der Waals surface area contributed by atoms with Gasteiger partial charge in [0.15, 0.2) is 0 Å². The van der Waals surface area contributed by atoms with Crippen molar-refractivity contribution in [3.63, 3.8) is 0 Å². The van der Waals surface area contributed by atoms with E-state index in [4.69, 9.17) is 0 Å². The summed E-state index contributed by atoms with van der Waals surface area (Å²) in [6.07, 6.45) is 1.02. The highest BCUT2D eigenvalue weighted by molar-refractivity contribution is 8.00. The van der Waals surface area contributed by atoms with E-state index in [9.17, 15) is 4.79 Å². The van der Waals surface area contributed by atoms with Gasteiger partial charge in [0.1, 0.15) is 0 Å². The molecule has 0 aromatic heterocycles. The van der Waals surface area contributed by atoms with Crippen molar-refractivity contribution in [1.29, 1.82) is 0 Å². The van der Waals surface area contributed by atoms with E-state index >= 15 is 0 Å². The zero-order valence-corrected chi connectivity index (χ0v) is 10.4. The summed E-state index contributed by atoms with van der Waals surface area (Å²) in [5.74, 6) is 1.69. The molecular weight excluding hydrogens is 208 g/mol. The molecule has 0 saturated carbocycles. The highest BCUT2D eigenvalue weighted by atomic mass is 32.2. The number of carbonyl (C=O) groups excluding carboxylic acids is 1. The van der Waals surface area contributed by atoms with Gasteiger partial charge in [-0.1, -0.05) is 0 Å². The lowest BCUT2D eigenvalue weighted by Crippen LogP contribution is -2.48. The Hall–Kier alpha value is -0.220. The summed E-state index contributed by atoms with van der Waals surface area (Å²) in [5, 5.41) is 3.26. The van der Waals surface area contributed by atoms with E-state index in [2.05, 4.69) is 24.1 Å². The summed E-state index contributed by atoms with van der Waals surface area (Å²) in [4.78, 5) is 14.2. The monoisotopic (exact) mass is 228 g/mol. The zero-order valence-electron chi connectivity index (χ0n) is 9.58. The minimum atomic E-state index is 0.236. The van der Waals surface area contributed by atoms with Crippen LogP contribution in [0.15, 0.2) is 0 Å². The highest BCUT2D eigenvalue weighted by Crippen LogP contribution is 2.30. The smallest absolute Gasteiger partial charge is 0.227 e. The van der Waals surface area contributed by atoms with Crippen LogP contribution in [0, 0.1) is 5.92 Å². The van der Waals surface area contributed by atoms with Gasteiger partial charge in [0, 0.05) is 30.1 Å². The zero-order chi connectivity index (χ0) is 10.9. The van der Waals surface area contributed by atoms with E-state index in [0.717, 1.165) is 38.4 Å². The number of rotatable bonds is 1. The molecule has 1 N–H and O–H groups in total. The minimum Gasteiger partial charge on any atom is -0.340 e. The third kappa shape index (κ3) is 2.67. The summed E-state index contributed by atoms with van der Waals surface area (Å²) in [6.45, 7) is 8.18. The molecule has 3 nitrogen and oxygen atoms in total. The Bertz CT molecular complexity index is 249. The van der Waals surface area contributed by atoms with E-state index in [-0.39, 0.29) is 10.7 Å². The van der Waals surface area contributed by atoms with Crippen LogP contribution in [0.1, 0.15) is 20.3 Å². The Morgan fingerprint density at radius 2 is 2.33 bits per heavy atom. The fourth-order valence-electron chi connectivity index (χ4n) is 2.33. The Balaban J connectivity index is 1.94. The Kier molecular flexibility index (Phi) is 3.26. The predicted molar refractivity (Wildman–Crippen MR) is 64.1 cm³/mol. The Labute approximate surface area is 96.0 Å². The minimum absolute atomic E-state index is 0.236. The lowest BCUT2D eigenvalue weighted by Gasteiger charge is -2.38. The van der Waals surface area contributed by atoms with Crippen LogP contribution < -0.4 is 5.32 Å². The van der Waals surface area contributed by atoms with Gasteiger partial charge in [-0.3, -0.25) is 4.79 Å². The van der Waals surface area contributed by atoms with Crippen LogP contribution in [0.2, 0.25) is 0 Å². The molecule has 0 aromatic rings. The van der Waals surface area contributed by atoms with Gasteiger partial charge in [-0.2, -0.15) is 11.8 Å². The quantitative estimate of drug-likeness (QED) is 0.725. The molecule has 0 aromatic carbocycles. The molecule has 15 heavy (non-hydrogen) atoms. The van der Waals surface area contributed by atoms with Crippen LogP contribution in [-0.2, 0) is 4.79 Å². The number of nitrogens with one attached hydrogen (secondary N) is 1. The van der Waals surface area contributed by atoms with Crippen molar-refractivity contribution in [1.82, 2.24) is 10.2 Å². The average molecular weight is 228 g/mol. The van der Waals surface area contributed by atoms with Crippen molar-refractivity contribution in [3.8, 4) is 0 Å². The molecule has 2 aliphatic rings. The van der Waals surface area contributed by atoms with Crippen LogP contribution >= 0.6 is 11.8 Å². The Morgan fingerprint density at radius 3 is 2.93 bits per heavy atom. The Morgan fingerprint density at radius 1 is 1.53 bits per heavy atom. The molecule has 2 saturated heterocycles. The van der Waals surface area contributed by atoms with E-state index in [1.807, 2.05) is 11.8 Å². The molecule has 0 aliphatic carbocycles. The normalized spacial score (nSPS) is 30.5. The van der Waals surface area contributed by atoms with Crippen LogP contribution in [0.5, 0.6) is 0 Å². The molecule has 1 amide bonds. The van der Waals surface area contributed by atoms with Gasteiger partial charge in [-0.15, -0.1) is 0 Å². The maximum atomic E-state index is 12.2. The van der Waals surface area contributed by atoms with Crippen LogP contribution in [0.25, 0.3) is 0 Å². The van der Waals surface area contributed by atoms with Gasteiger partial charge in [0.25, 0.3) is 0 Å². The molecule has 0 bridgehead atoms. The van der Waals surface area contributed by atoms with Crippen molar-refractivity contribution in [3.05, 3.63) is 0 Å². The largest absolute Gasteiger partial charge is 0.340 e. The van der Waals surface area contributed by atoms with Gasteiger partial charge in [-0.25, -0.2) is 0 Å². The summed E-state index contributed by atoms with van der Waals surface area (Å²) in [6, 6.07) is 0. The second kappa shape index (κ2) is 4.34. The molecular formula is C11H20N2OS. The molecule has 0 spiro atoms. The summed E-state index contributed by atoms with van der Waals surface area (Å²) in [5.41, 5.74) is 0. The van der Waals surface area contributed by atoms with E-state index in [1.165, 1.54) is 0 Å². The maximum absolute atomic E-state index is 12.2. The number of amides is 1. The first kappa shape index (κ1) is 11.3. The fourth-order valence-corrected chi connectivity index (χ4v) is 3.44. The first-order valence-electron chi connectivity index (χ1n) is 5.72. The third-order valence-electron chi connectivity index (χ3n) is 3.15. The first-order valence-corrected chi connectivity index (χ1v) is 6.70. The van der Waals surface area contributed by atoms with Crippen molar-refractivity contribution in [2.75, 3.05) is 31.9 Å². The van der Waals surface area contributed by atoms with Gasteiger partial charge in [0.2, 0.25) is 5.91 Å². The number of thioether (sulfide) groups is 1. The molecule has 2 rings (SSSR count). The van der Waals surface area contributed by atoms with Crippen molar-refractivity contribution in [2.45, 2.75) is 25.0 Å². The summed E-state index contributed by atoms with van der Waals surface area (Å²) >= 11 is 1.97. The lowest BCUT2D eigenvalue weighted by atomic mass is 10.1. The summed E-state index contributed by atoms with van der Waals surface area (Å²) < 4.78 is 0.236. The SMILES string of the molecule is CC1(C)CN(C(=O)[C@@H]2CCNC2)CCS1. The summed E-state index contributed by atoms with van der Waals surface area (Å²) in [7, 11) is 0. The third-order valence-corrected chi connectivity index (χ3v) is 4.44. The van der Waals surface area contributed by atoms with Crippen LogP contribution in [0.3, 0.4) is 0 Å². The van der Waals surface area contributed by atoms with E-state index in [0.29, 0.717) is 5.91 Å². The van der Waals surface area contributed by atoms with Crippen LogP contribution in [0.4, 0.5) is 0 Å². The topological polar surface area (TPSA) is 32.3 Å². The molecule has 4 heteroatoms. The molecule has 1 atom stereocenters. The van der Waals surface area contributed by atoms with Gasteiger partial charge >= 0.3 is 0 Å². The van der Waals surface area contributed by atoms with Crippen molar-refractivity contribution < 1.29 is 4.79 Å².